The number of aromatic amines is 3. The summed E-state index contributed by atoms with van der Waals surface area (Å²) in [6.07, 6.45) is 8.30. The van der Waals surface area contributed by atoms with Crippen molar-refractivity contribution < 1.29 is 9.15 Å². The van der Waals surface area contributed by atoms with Gasteiger partial charge in [-0.3, -0.25) is 9.97 Å². The summed E-state index contributed by atoms with van der Waals surface area (Å²) in [5, 5.41) is 2.01. The Morgan fingerprint density at radius 1 is 0.864 bits per heavy atom. The van der Waals surface area contributed by atoms with Crippen LogP contribution in [-0.2, 0) is 0 Å². The summed E-state index contributed by atoms with van der Waals surface area (Å²) in [5.74, 6) is 0.654. The van der Waals surface area contributed by atoms with Crippen molar-refractivity contribution in [3.63, 3.8) is 0 Å². The van der Waals surface area contributed by atoms with Crippen molar-refractivity contribution in [1.29, 1.82) is 0 Å². The number of hydrogen-bond donors (Lipinski definition) is 3. The maximum atomic E-state index is 11.5. The second-order valence-electron chi connectivity index (χ2n) is 9.38. The fourth-order valence-electron chi connectivity index (χ4n) is 4.69. The van der Waals surface area contributed by atoms with E-state index in [2.05, 4.69) is 44.9 Å². The first kappa shape index (κ1) is 26.9. The molecule has 0 amide bonds. The molecule has 0 fully saturated rings. The third-order valence-corrected chi connectivity index (χ3v) is 7.47. The molecule has 0 aliphatic carbocycles. The standard InChI is InChI=1S/C16H13N5O2.C15H10N4OS/c1-2-22-16-19-12-8-10(11-5-6-17-9-18-11)14(20-15(12)21-16)13-4-3-7-23-13;20-15-17-11-8-10(9-3-5-16-6-4-9)13(18-14(11)19-15)12-2-1-7-21-12/h3-9H,2H2,1H3,(H,19,20,21);1-8H,(H2,17,18,19,20). The molecule has 0 unspecified atom stereocenters. The van der Waals surface area contributed by atoms with Crippen molar-refractivity contribution in [2.75, 3.05) is 6.61 Å². The molecule has 0 radical (unpaired) electrons. The van der Waals surface area contributed by atoms with Crippen LogP contribution in [-0.4, -0.2) is 51.5 Å². The van der Waals surface area contributed by atoms with Crippen molar-refractivity contribution in [2.24, 2.45) is 0 Å². The highest BCUT2D eigenvalue weighted by molar-refractivity contribution is 7.13. The van der Waals surface area contributed by atoms with Gasteiger partial charge in [-0.25, -0.2) is 24.7 Å². The Bertz CT molecular complexity index is 2210. The number of rotatable bonds is 6. The molecule has 8 aromatic heterocycles. The number of nitrogens with one attached hydrogen (secondary N) is 3. The Labute approximate surface area is 252 Å². The first-order valence-electron chi connectivity index (χ1n) is 13.6. The summed E-state index contributed by atoms with van der Waals surface area (Å²) in [4.78, 5) is 47.0. The lowest BCUT2D eigenvalue weighted by molar-refractivity contribution is 0.317. The molecule has 0 aliphatic rings. The number of imidazole rings is 2. The van der Waals surface area contributed by atoms with Gasteiger partial charge >= 0.3 is 5.69 Å². The van der Waals surface area contributed by atoms with Gasteiger partial charge in [0.25, 0.3) is 6.01 Å². The van der Waals surface area contributed by atoms with Crippen LogP contribution in [0.25, 0.3) is 66.7 Å². The number of pyridine rings is 3. The Morgan fingerprint density at radius 3 is 2.48 bits per heavy atom. The van der Waals surface area contributed by atoms with Crippen LogP contribution >= 0.6 is 11.3 Å². The number of nitrogens with zero attached hydrogens (tertiary/aromatic N) is 6. The van der Waals surface area contributed by atoms with E-state index in [0.717, 1.165) is 38.5 Å². The van der Waals surface area contributed by atoms with Crippen LogP contribution in [0.4, 0.5) is 0 Å². The van der Waals surface area contributed by atoms with Gasteiger partial charge in [0.2, 0.25) is 0 Å². The first-order chi connectivity index (χ1) is 21.7. The molecule has 0 saturated carbocycles. The zero-order valence-corrected chi connectivity index (χ0v) is 24.0. The fourth-order valence-corrected chi connectivity index (χ4v) is 5.42. The molecule has 0 saturated heterocycles. The van der Waals surface area contributed by atoms with Crippen LogP contribution in [0.1, 0.15) is 6.92 Å². The largest absolute Gasteiger partial charge is 0.465 e. The minimum absolute atomic E-state index is 0.249. The van der Waals surface area contributed by atoms with Crippen molar-refractivity contribution in [3.05, 3.63) is 102 Å². The van der Waals surface area contributed by atoms with E-state index in [4.69, 9.17) is 9.15 Å². The molecule has 12 nitrogen and oxygen atoms in total. The summed E-state index contributed by atoms with van der Waals surface area (Å²) >= 11 is 1.62. The van der Waals surface area contributed by atoms with Crippen molar-refractivity contribution in [3.8, 4) is 50.4 Å². The molecule has 0 bridgehead atoms. The number of thiophene rings is 1. The summed E-state index contributed by atoms with van der Waals surface area (Å²) in [5.41, 5.74) is 7.49. The van der Waals surface area contributed by atoms with Gasteiger partial charge in [-0.05, 0) is 66.4 Å². The number of ether oxygens (including phenoxy) is 1. The van der Waals surface area contributed by atoms with Crippen molar-refractivity contribution in [2.45, 2.75) is 6.92 Å². The quantitative estimate of drug-likeness (QED) is 0.204. The molecule has 3 N–H and O–H groups in total. The van der Waals surface area contributed by atoms with Crippen LogP contribution < -0.4 is 10.4 Å². The lowest BCUT2D eigenvalue weighted by Gasteiger charge is -2.07. The third-order valence-electron chi connectivity index (χ3n) is 6.59. The monoisotopic (exact) mass is 601 g/mol. The molecule has 0 spiro atoms. The minimum Gasteiger partial charge on any atom is -0.465 e. The van der Waals surface area contributed by atoms with Gasteiger partial charge in [-0.1, -0.05) is 6.07 Å². The van der Waals surface area contributed by atoms with Gasteiger partial charge < -0.3 is 19.1 Å². The summed E-state index contributed by atoms with van der Waals surface area (Å²) in [6.45, 7) is 2.44. The number of hydrogen-bond acceptors (Lipinski definition) is 10. The number of furan rings is 1. The molecular formula is C31H23N9O3S. The van der Waals surface area contributed by atoms with Gasteiger partial charge in [0.1, 0.15) is 12.0 Å². The fraction of sp³-hybridized carbons (Fsp3) is 0.0645. The van der Waals surface area contributed by atoms with E-state index in [0.29, 0.717) is 40.9 Å². The number of fused-ring (bicyclic) bond motifs is 2. The van der Waals surface area contributed by atoms with E-state index < -0.39 is 0 Å². The second-order valence-corrected chi connectivity index (χ2v) is 10.3. The van der Waals surface area contributed by atoms with E-state index in [-0.39, 0.29) is 5.69 Å². The Morgan fingerprint density at radius 2 is 1.73 bits per heavy atom. The highest BCUT2D eigenvalue weighted by atomic mass is 32.1. The zero-order chi connectivity index (χ0) is 29.9. The molecule has 44 heavy (non-hydrogen) atoms. The van der Waals surface area contributed by atoms with E-state index in [1.165, 1.54) is 6.33 Å². The molecule has 0 aliphatic heterocycles. The van der Waals surface area contributed by atoms with Gasteiger partial charge in [0, 0.05) is 29.7 Å². The van der Waals surface area contributed by atoms with E-state index in [1.54, 1.807) is 36.2 Å². The highest BCUT2D eigenvalue weighted by Gasteiger charge is 2.17. The number of aromatic nitrogens is 9. The predicted octanol–water partition coefficient (Wildman–Crippen LogP) is 6.12. The molecule has 0 atom stereocenters. The van der Waals surface area contributed by atoms with Gasteiger partial charge in [-0.2, -0.15) is 4.98 Å². The van der Waals surface area contributed by atoms with Crippen LogP contribution in [0, 0.1) is 0 Å². The molecule has 216 valence electrons. The second kappa shape index (κ2) is 11.7. The number of H-pyrrole nitrogens is 3. The van der Waals surface area contributed by atoms with Crippen molar-refractivity contribution in [1.82, 2.24) is 44.9 Å². The van der Waals surface area contributed by atoms with E-state index in [1.807, 2.05) is 66.9 Å². The van der Waals surface area contributed by atoms with Gasteiger partial charge in [0.05, 0.1) is 40.2 Å². The average Bonchev–Trinajstić information content (AvgIpc) is 3.88. The molecule has 13 heteroatoms. The zero-order valence-electron chi connectivity index (χ0n) is 23.2. The van der Waals surface area contributed by atoms with Gasteiger partial charge in [-0.15, -0.1) is 11.3 Å². The minimum atomic E-state index is -0.249. The summed E-state index contributed by atoms with van der Waals surface area (Å²) in [6, 6.07) is 17.7. The van der Waals surface area contributed by atoms with Crippen molar-refractivity contribution >= 4 is 33.7 Å². The maximum Gasteiger partial charge on any atom is 0.325 e. The lowest BCUT2D eigenvalue weighted by Crippen LogP contribution is -1.99. The maximum absolute atomic E-state index is 11.5. The highest BCUT2D eigenvalue weighted by Crippen LogP contribution is 2.35. The van der Waals surface area contributed by atoms with Crippen LogP contribution in [0.2, 0.25) is 0 Å². The molecule has 8 aromatic rings. The molecule has 0 aromatic carbocycles. The Kier molecular flexibility index (Phi) is 7.18. The lowest BCUT2D eigenvalue weighted by atomic mass is 10.0. The van der Waals surface area contributed by atoms with Crippen LogP contribution in [0.15, 0.2) is 100 Å². The third kappa shape index (κ3) is 5.34. The summed E-state index contributed by atoms with van der Waals surface area (Å²) < 4.78 is 10.9. The Balaban J connectivity index is 0.000000143. The van der Waals surface area contributed by atoms with Gasteiger partial charge in [0.15, 0.2) is 17.1 Å². The smallest absolute Gasteiger partial charge is 0.325 e. The van der Waals surface area contributed by atoms with Crippen LogP contribution in [0.5, 0.6) is 6.01 Å². The molecular weight excluding hydrogens is 578 g/mol. The topological polar surface area (TPSA) is 164 Å². The summed E-state index contributed by atoms with van der Waals surface area (Å²) in [7, 11) is 0. The van der Waals surface area contributed by atoms with Crippen LogP contribution in [0.3, 0.4) is 0 Å². The first-order valence-corrected chi connectivity index (χ1v) is 14.5. The average molecular weight is 602 g/mol. The normalized spacial score (nSPS) is 11.0. The predicted molar refractivity (Wildman–Crippen MR) is 167 cm³/mol. The SMILES string of the molecule is CCOc1nc2nc(-c3ccco3)c(-c3ccncn3)cc2[nH]1.O=c1[nH]c2cc(-c3ccncc3)c(-c3cccs3)nc2[nH]1. The molecule has 8 rings (SSSR count). The molecule has 8 heterocycles. The van der Waals surface area contributed by atoms with E-state index in [9.17, 15) is 4.79 Å². The van der Waals surface area contributed by atoms with E-state index >= 15 is 0 Å². The Hall–Kier alpha value is -5.95.